The lowest BCUT2D eigenvalue weighted by Crippen LogP contribution is -2.48. The first-order valence-electron chi connectivity index (χ1n) is 6.70. The fourth-order valence-electron chi connectivity index (χ4n) is 1.86. The minimum absolute atomic E-state index is 0.196. The molecule has 1 amide bonds. The molecule has 94 valence electrons. The summed E-state index contributed by atoms with van der Waals surface area (Å²) < 4.78 is 5.00. The summed E-state index contributed by atoms with van der Waals surface area (Å²) in [5.74, 6) is 0.196. The Morgan fingerprint density at radius 2 is 1.75 bits per heavy atom. The molecule has 0 aromatic rings. The van der Waals surface area contributed by atoms with Gasteiger partial charge in [-0.15, -0.1) is 0 Å². The summed E-state index contributed by atoms with van der Waals surface area (Å²) in [6.45, 7) is 3.63. The largest absolute Gasteiger partial charge is 0.377 e. The molecule has 1 fully saturated rings. The number of rotatable bonds is 9. The molecule has 3 heteroatoms. The Hall–Kier alpha value is -0.570. The second kappa shape index (κ2) is 8.57. The minimum atomic E-state index is 0.196. The van der Waals surface area contributed by atoms with Crippen molar-refractivity contribution in [3.05, 3.63) is 0 Å². The van der Waals surface area contributed by atoms with Gasteiger partial charge in [-0.1, -0.05) is 45.4 Å². The maximum Gasteiger partial charge on any atom is 0.220 e. The van der Waals surface area contributed by atoms with Gasteiger partial charge in [0.1, 0.15) is 0 Å². The van der Waals surface area contributed by atoms with E-state index in [9.17, 15) is 4.79 Å². The molecule has 1 saturated heterocycles. The highest BCUT2D eigenvalue weighted by Gasteiger charge is 2.19. The smallest absolute Gasteiger partial charge is 0.220 e. The number of carbonyl (C=O) groups excluding carboxylic acids is 1. The third-order valence-corrected chi connectivity index (χ3v) is 3.01. The van der Waals surface area contributed by atoms with Crippen molar-refractivity contribution in [2.75, 3.05) is 13.2 Å². The summed E-state index contributed by atoms with van der Waals surface area (Å²) in [5, 5.41) is 2.96. The summed E-state index contributed by atoms with van der Waals surface area (Å²) in [6.07, 6.45) is 9.51. The number of carbonyl (C=O) groups is 1. The van der Waals surface area contributed by atoms with Gasteiger partial charge in [0.2, 0.25) is 5.91 Å². The Morgan fingerprint density at radius 1 is 1.12 bits per heavy atom. The van der Waals surface area contributed by atoms with Gasteiger partial charge in [0.25, 0.3) is 0 Å². The van der Waals surface area contributed by atoms with E-state index in [0.29, 0.717) is 19.6 Å². The van der Waals surface area contributed by atoms with E-state index in [-0.39, 0.29) is 11.9 Å². The summed E-state index contributed by atoms with van der Waals surface area (Å²) in [7, 11) is 0. The third-order valence-electron chi connectivity index (χ3n) is 3.01. The fourth-order valence-corrected chi connectivity index (χ4v) is 1.86. The van der Waals surface area contributed by atoms with Crippen LogP contribution < -0.4 is 5.32 Å². The summed E-state index contributed by atoms with van der Waals surface area (Å²) in [6, 6.07) is 0.289. The first-order valence-corrected chi connectivity index (χ1v) is 6.70. The number of nitrogens with one attached hydrogen (secondary N) is 1. The zero-order valence-electron chi connectivity index (χ0n) is 10.5. The molecule has 0 spiro atoms. The minimum Gasteiger partial charge on any atom is -0.377 e. The number of ether oxygens (including phenoxy) is 1. The average molecular weight is 227 g/mol. The van der Waals surface area contributed by atoms with E-state index in [1.807, 2.05) is 0 Å². The zero-order chi connectivity index (χ0) is 11.6. The number of hydrogen-bond donors (Lipinski definition) is 1. The van der Waals surface area contributed by atoms with Gasteiger partial charge in [0.05, 0.1) is 19.3 Å². The Morgan fingerprint density at radius 3 is 2.31 bits per heavy atom. The van der Waals surface area contributed by atoms with Crippen molar-refractivity contribution in [2.45, 2.75) is 64.3 Å². The molecule has 0 aromatic heterocycles. The highest BCUT2D eigenvalue weighted by molar-refractivity contribution is 5.76. The molecule has 16 heavy (non-hydrogen) atoms. The second-order valence-corrected chi connectivity index (χ2v) is 4.67. The van der Waals surface area contributed by atoms with Gasteiger partial charge >= 0.3 is 0 Å². The quantitative estimate of drug-likeness (QED) is 0.615. The molecular weight excluding hydrogens is 202 g/mol. The van der Waals surface area contributed by atoms with Crippen molar-refractivity contribution in [1.82, 2.24) is 5.32 Å². The first-order chi connectivity index (χ1) is 7.83. The molecule has 0 atom stereocenters. The summed E-state index contributed by atoms with van der Waals surface area (Å²) in [4.78, 5) is 11.4. The predicted octanol–water partition coefficient (Wildman–Crippen LogP) is 2.64. The SMILES string of the molecule is CCCCCCCCCC(=O)NC1COC1. The lowest BCUT2D eigenvalue weighted by Gasteiger charge is -2.26. The van der Waals surface area contributed by atoms with Gasteiger partial charge in [0.15, 0.2) is 0 Å². The molecule has 0 bridgehead atoms. The van der Waals surface area contributed by atoms with E-state index in [0.717, 1.165) is 6.42 Å². The van der Waals surface area contributed by atoms with Gasteiger partial charge in [-0.25, -0.2) is 0 Å². The highest BCUT2D eigenvalue weighted by atomic mass is 16.5. The van der Waals surface area contributed by atoms with Crippen LogP contribution in [0.1, 0.15) is 58.3 Å². The first kappa shape index (κ1) is 13.5. The molecule has 3 nitrogen and oxygen atoms in total. The Balaban J connectivity index is 1.80. The van der Waals surface area contributed by atoms with Crippen molar-refractivity contribution in [2.24, 2.45) is 0 Å². The highest BCUT2D eigenvalue weighted by Crippen LogP contribution is 2.08. The summed E-state index contributed by atoms with van der Waals surface area (Å²) >= 11 is 0. The van der Waals surface area contributed by atoms with E-state index in [1.54, 1.807) is 0 Å². The topological polar surface area (TPSA) is 38.3 Å². The van der Waals surface area contributed by atoms with E-state index >= 15 is 0 Å². The monoisotopic (exact) mass is 227 g/mol. The molecule has 0 aromatic carbocycles. The van der Waals surface area contributed by atoms with Crippen molar-refractivity contribution < 1.29 is 9.53 Å². The van der Waals surface area contributed by atoms with Crippen LogP contribution in [-0.2, 0) is 9.53 Å². The van der Waals surface area contributed by atoms with Crippen LogP contribution in [-0.4, -0.2) is 25.2 Å². The van der Waals surface area contributed by atoms with Crippen LogP contribution in [0, 0.1) is 0 Å². The maximum absolute atomic E-state index is 11.4. The van der Waals surface area contributed by atoms with E-state index < -0.39 is 0 Å². The van der Waals surface area contributed by atoms with Crippen LogP contribution >= 0.6 is 0 Å². The van der Waals surface area contributed by atoms with Crippen LogP contribution in [0.2, 0.25) is 0 Å². The van der Waals surface area contributed by atoms with Gasteiger partial charge in [-0.3, -0.25) is 4.79 Å². The Labute approximate surface area is 98.9 Å². The molecule has 1 aliphatic rings. The number of amides is 1. The van der Waals surface area contributed by atoms with Gasteiger partial charge in [0, 0.05) is 6.42 Å². The van der Waals surface area contributed by atoms with Crippen molar-refractivity contribution in [3.8, 4) is 0 Å². The lowest BCUT2D eigenvalue weighted by molar-refractivity contribution is -0.125. The van der Waals surface area contributed by atoms with Crippen molar-refractivity contribution >= 4 is 5.91 Å². The van der Waals surface area contributed by atoms with E-state index in [2.05, 4.69) is 12.2 Å². The second-order valence-electron chi connectivity index (χ2n) is 4.67. The molecule has 0 unspecified atom stereocenters. The third kappa shape index (κ3) is 6.11. The maximum atomic E-state index is 11.4. The molecule has 0 saturated carbocycles. The van der Waals surface area contributed by atoms with Crippen LogP contribution in [0.4, 0.5) is 0 Å². The molecule has 1 heterocycles. The molecule has 1 rings (SSSR count). The number of hydrogen-bond acceptors (Lipinski definition) is 2. The Bertz CT molecular complexity index is 190. The zero-order valence-corrected chi connectivity index (χ0v) is 10.5. The van der Waals surface area contributed by atoms with E-state index in [4.69, 9.17) is 4.74 Å². The van der Waals surface area contributed by atoms with E-state index in [1.165, 1.54) is 38.5 Å². The van der Waals surface area contributed by atoms with Crippen molar-refractivity contribution in [3.63, 3.8) is 0 Å². The van der Waals surface area contributed by atoms with Crippen LogP contribution in [0.5, 0.6) is 0 Å². The molecule has 0 radical (unpaired) electrons. The molecular formula is C13H25NO2. The average Bonchev–Trinajstić information content (AvgIpc) is 2.22. The van der Waals surface area contributed by atoms with Gasteiger partial charge in [-0.05, 0) is 6.42 Å². The summed E-state index contributed by atoms with van der Waals surface area (Å²) in [5.41, 5.74) is 0. The Kier molecular flexibility index (Phi) is 7.23. The molecule has 0 aliphatic carbocycles. The predicted molar refractivity (Wildman–Crippen MR) is 65.4 cm³/mol. The molecule has 1 N–H and O–H groups in total. The lowest BCUT2D eigenvalue weighted by atomic mass is 10.1. The fraction of sp³-hybridized carbons (Fsp3) is 0.923. The van der Waals surface area contributed by atoms with Gasteiger partial charge in [-0.2, -0.15) is 0 Å². The molecule has 1 aliphatic heterocycles. The number of unbranched alkanes of at least 4 members (excludes halogenated alkanes) is 6. The van der Waals surface area contributed by atoms with Crippen LogP contribution in [0.25, 0.3) is 0 Å². The van der Waals surface area contributed by atoms with Crippen LogP contribution in [0.15, 0.2) is 0 Å². The van der Waals surface area contributed by atoms with Crippen LogP contribution in [0.3, 0.4) is 0 Å². The standard InChI is InChI=1S/C13H25NO2/c1-2-3-4-5-6-7-8-9-13(15)14-12-10-16-11-12/h12H,2-11H2,1H3,(H,14,15). The normalized spacial score (nSPS) is 15.8. The van der Waals surface area contributed by atoms with Crippen molar-refractivity contribution in [1.29, 1.82) is 0 Å². The van der Waals surface area contributed by atoms with Gasteiger partial charge < -0.3 is 10.1 Å².